The third-order valence-electron chi connectivity index (χ3n) is 2.98. The van der Waals surface area contributed by atoms with Gasteiger partial charge in [0.1, 0.15) is 24.1 Å². The molecule has 0 radical (unpaired) electrons. The molecule has 0 unspecified atom stereocenters. The second kappa shape index (κ2) is 5.63. The van der Waals surface area contributed by atoms with Gasteiger partial charge < -0.3 is 35.6 Å². The summed E-state index contributed by atoms with van der Waals surface area (Å²) in [5, 5.41) is 37.8. The Bertz CT molecular complexity index is 494. The zero-order chi connectivity index (χ0) is 14.9. The van der Waals surface area contributed by atoms with Crippen LogP contribution in [-0.2, 0) is 9.53 Å². The van der Waals surface area contributed by atoms with E-state index in [1.165, 1.54) is 6.07 Å². The number of nitrogens with two attached hydrogens (primary N) is 1. The van der Waals surface area contributed by atoms with Crippen molar-refractivity contribution in [3.63, 3.8) is 0 Å². The number of nitrogen functional groups attached to an aromatic ring is 1. The summed E-state index contributed by atoms with van der Waals surface area (Å²) in [6.45, 7) is 0. The van der Waals surface area contributed by atoms with E-state index in [9.17, 15) is 20.1 Å². The molecule has 1 saturated heterocycles. The topological polar surface area (TPSA) is 142 Å². The van der Waals surface area contributed by atoms with E-state index in [2.05, 4.69) is 0 Å². The van der Waals surface area contributed by atoms with Gasteiger partial charge in [-0.3, -0.25) is 0 Å². The standard InChI is InChI=1S/C12H15NO7/c13-5-3-1-2-4-6(5)19-12-9(16)7(14)8(15)10(20-12)11(17)18/h1-4,7-10,12,14-16H,13H2,(H,17,18)/t7-,8-,9-,10+,12+/m0/s1. The number of carboxylic acids is 1. The van der Waals surface area contributed by atoms with Crippen molar-refractivity contribution in [1.82, 2.24) is 0 Å². The van der Waals surface area contributed by atoms with E-state index in [1.807, 2.05) is 0 Å². The molecule has 1 aromatic carbocycles. The number of hydrogen-bond acceptors (Lipinski definition) is 7. The molecule has 0 amide bonds. The molecule has 110 valence electrons. The fourth-order valence-electron chi connectivity index (χ4n) is 1.86. The van der Waals surface area contributed by atoms with Crippen LogP contribution in [0.25, 0.3) is 0 Å². The van der Waals surface area contributed by atoms with Gasteiger partial charge >= 0.3 is 5.97 Å². The Morgan fingerprint density at radius 3 is 2.40 bits per heavy atom. The minimum absolute atomic E-state index is 0.171. The number of anilines is 1. The highest BCUT2D eigenvalue weighted by Crippen LogP contribution is 2.27. The molecule has 0 spiro atoms. The van der Waals surface area contributed by atoms with Crippen LogP contribution in [0.4, 0.5) is 5.69 Å². The van der Waals surface area contributed by atoms with Gasteiger partial charge in [-0.15, -0.1) is 0 Å². The molecule has 0 bridgehead atoms. The van der Waals surface area contributed by atoms with Crippen molar-refractivity contribution in [2.24, 2.45) is 0 Å². The number of aliphatic hydroxyl groups is 3. The van der Waals surface area contributed by atoms with E-state index >= 15 is 0 Å². The van der Waals surface area contributed by atoms with Crippen molar-refractivity contribution < 1.29 is 34.7 Å². The van der Waals surface area contributed by atoms with Crippen LogP contribution in [-0.4, -0.2) is 57.1 Å². The van der Waals surface area contributed by atoms with Gasteiger partial charge in [-0.2, -0.15) is 0 Å². The molecule has 1 aliphatic heterocycles. The second-order valence-corrected chi connectivity index (χ2v) is 4.39. The lowest BCUT2D eigenvalue weighted by molar-refractivity contribution is -0.271. The zero-order valence-corrected chi connectivity index (χ0v) is 10.3. The Balaban J connectivity index is 2.18. The third kappa shape index (κ3) is 2.68. The maximum Gasteiger partial charge on any atom is 0.335 e. The summed E-state index contributed by atoms with van der Waals surface area (Å²) >= 11 is 0. The van der Waals surface area contributed by atoms with Crippen molar-refractivity contribution in [2.75, 3.05) is 5.73 Å². The highest BCUT2D eigenvalue weighted by Gasteiger charge is 2.48. The number of carboxylic acid groups (broad SMARTS) is 1. The van der Waals surface area contributed by atoms with Crippen LogP contribution < -0.4 is 10.5 Å². The lowest BCUT2D eigenvalue weighted by Gasteiger charge is -2.38. The molecule has 0 aromatic heterocycles. The monoisotopic (exact) mass is 285 g/mol. The molecule has 5 atom stereocenters. The summed E-state index contributed by atoms with van der Waals surface area (Å²) in [7, 11) is 0. The number of carbonyl (C=O) groups is 1. The quantitative estimate of drug-likeness (QED) is 0.424. The van der Waals surface area contributed by atoms with Crippen molar-refractivity contribution in [2.45, 2.75) is 30.7 Å². The first kappa shape index (κ1) is 14.5. The van der Waals surface area contributed by atoms with Crippen LogP contribution in [0.15, 0.2) is 24.3 Å². The van der Waals surface area contributed by atoms with Crippen LogP contribution in [0.1, 0.15) is 0 Å². The first-order valence-corrected chi connectivity index (χ1v) is 5.85. The molecular formula is C12H15NO7. The van der Waals surface area contributed by atoms with Gasteiger partial charge in [-0.05, 0) is 12.1 Å². The maximum absolute atomic E-state index is 10.9. The largest absolute Gasteiger partial charge is 0.479 e. The number of ether oxygens (including phenoxy) is 2. The lowest BCUT2D eigenvalue weighted by atomic mass is 9.99. The summed E-state index contributed by atoms with van der Waals surface area (Å²) in [4.78, 5) is 10.9. The van der Waals surface area contributed by atoms with E-state index in [0.717, 1.165) is 0 Å². The number of aliphatic carboxylic acids is 1. The average molecular weight is 285 g/mol. The minimum atomic E-state index is -1.75. The zero-order valence-electron chi connectivity index (χ0n) is 10.3. The van der Waals surface area contributed by atoms with Crippen LogP contribution in [0.5, 0.6) is 5.75 Å². The molecule has 6 N–H and O–H groups in total. The normalized spacial score (nSPS) is 33.6. The molecule has 20 heavy (non-hydrogen) atoms. The Labute approximate surface area is 114 Å². The van der Waals surface area contributed by atoms with Crippen LogP contribution >= 0.6 is 0 Å². The van der Waals surface area contributed by atoms with Crippen LogP contribution in [0.2, 0.25) is 0 Å². The third-order valence-corrected chi connectivity index (χ3v) is 2.98. The SMILES string of the molecule is Nc1ccccc1O[C@@H]1O[C@@H](C(=O)O)[C@@H](O)[C@H](O)[C@@H]1O. The Kier molecular flexibility index (Phi) is 4.09. The van der Waals surface area contributed by atoms with Gasteiger partial charge in [-0.1, -0.05) is 12.1 Å². The fraction of sp³-hybridized carbons (Fsp3) is 0.417. The predicted molar refractivity (Wildman–Crippen MR) is 65.8 cm³/mol. The number of benzene rings is 1. The van der Waals surface area contributed by atoms with E-state index < -0.39 is 36.7 Å². The number of para-hydroxylation sites is 2. The summed E-state index contributed by atoms with van der Waals surface area (Å²) in [6.07, 6.45) is -8.24. The number of aliphatic hydroxyl groups excluding tert-OH is 3. The smallest absolute Gasteiger partial charge is 0.335 e. The summed E-state index contributed by atoms with van der Waals surface area (Å²) in [5.41, 5.74) is 5.91. The highest BCUT2D eigenvalue weighted by atomic mass is 16.7. The van der Waals surface area contributed by atoms with Gasteiger partial charge in [0.25, 0.3) is 0 Å². The predicted octanol–water partition coefficient (Wildman–Crippen LogP) is -1.46. The second-order valence-electron chi connectivity index (χ2n) is 4.39. The van der Waals surface area contributed by atoms with Crippen molar-refractivity contribution in [1.29, 1.82) is 0 Å². The van der Waals surface area contributed by atoms with Gasteiger partial charge in [0, 0.05) is 0 Å². The molecule has 1 heterocycles. The van der Waals surface area contributed by atoms with Gasteiger partial charge in [0.2, 0.25) is 6.29 Å². The molecule has 0 saturated carbocycles. The van der Waals surface area contributed by atoms with Gasteiger partial charge in [0.15, 0.2) is 6.10 Å². The molecular weight excluding hydrogens is 270 g/mol. The van der Waals surface area contributed by atoms with Crippen molar-refractivity contribution in [3.8, 4) is 5.75 Å². The summed E-state index contributed by atoms with van der Waals surface area (Å²) in [6, 6.07) is 6.34. The first-order valence-electron chi connectivity index (χ1n) is 5.85. The van der Waals surface area contributed by atoms with Crippen LogP contribution in [0, 0.1) is 0 Å². The number of hydrogen-bond donors (Lipinski definition) is 5. The Morgan fingerprint density at radius 1 is 1.15 bits per heavy atom. The highest BCUT2D eigenvalue weighted by molar-refractivity contribution is 5.73. The lowest BCUT2D eigenvalue weighted by Crippen LogP contribution is -2.61. The molecule has 1 fully saturated rings. The minimum Gasteiger partial charge on any atom is -0.479 e. The Hall–Kier alpha value is -1.87. The van der Waals surface area contributed by atoms with E-state index in [-0.39, 0.29) is 11.4 Å². The fourth-order valence-corrected chi connectivity index (χ4v) is 1.86. The van der Waals surface area contributed by atoms with Gasteiger partial charge in [0.05, 0.1) is 5.69 Å². The first-order chi connectivity index (χ1) is 9.41. The molecule has 2 rings (SSSR count). The van der Waals surface area contributed by atoms with Gasteiger partial charge in [-0.25, -0.2) is 4.79 Å². The van der Waals surface area contributed by atoms with Crippen molar-refractivity contribution in [3.05, 3.63) is 24.3 Å². The average Bonchev–Trinajstić information content (AvgIpc) is 2.41. The van der Waals surface area contributed by atoms with E-state index in [0.29, 0.717) is 0 Å². The number of rotatable bonds is 3. The molecule has 0 aliphatic carbocycles. The Morgan fingerprint density at radius 2 is 1.80 bits per heavy atom. The maximum atomic E-state index is 10.9. The van der Waals surface area contributed by atoms with E-state index in [1.54, 1.807) is 18.2 Å². The van der Waals surface area contributed by atoms with Crippen LogP contribution in [0.3, 0.4) is 0 Å². The van der Waals surface area contributed by atoms with Crippen molar-refractivity contribution >= 4 is 11.7 Å². The molecule has 8 nitrogen and oxygen atoms in total. The summed E-state index contributed by atoms with van der Waals surface area (Å²) < 4.78 is 10.2. The van der Waals surface area contributed by atoms with E-state index in [4.69, 9.17) is 20.3 Å². The molecule has 8 heteroatoms. The molecule has 1 aliphatic rings. The molecule has 1 aromatic rings. The summed E-state index contributed by atoms with van der Waals surface area (Å²) in [5.74, 6) is -1.30.